The Morgan fingerprint density at radius 3 is 2.56 bits per heavy atom. The fourth-order valence-corrected chi connectivity index (χ4v) is 2.48. The van der Waals surface area contributed by atoms with E-state index in [1.54, 1.807) is 0 Å². The van der Waals surface area contributed by atoms with E-state index in [1.807, 2.05) is 24.3 Å². The van der Waals surface area contributed by atoms with Crippen LogP contribution in [0.3, 0.4) is 0 Å². The average molecular weight is 306 g/mol. The first-order valence-electron chi connectivity index (χ1n) is 5.52. The Morgan fingerprint density at radius 2 is 2.00 bits per heavy atom. The molecule has 0 aliphatic carbocycles. The van der Waals surface area contributed by atoms with E-state index in [2.05, 4.69) is 29.8 Å². The van der Waals surface area contributed by atoms with Crippen molar-refractivity contribution in [3.8, 4) is 0 Å². The number of benzene rings is 1. The van der Waals surface area contributed by atoms with E-state index < -0.39 is 0 Å². The lowest BCUT2D eigenvalue weighted by molar-refractivity contribution is 0.0801. The van der Waals surface area contributed by atoms with Crippen LogP contribution in [-0.4, -0.2) is 11.9 Å². The van der Waals surface area contributed by atoms with Crippen molar-refractivity contribution in [2.24, 2.45) is 11.8 Å². The highest BCUT2D eigenvalue weighted by atomic mass is 79.9. The van der Waals surface area contributed by atoms with Crippen molar-refractivity contribution in [1.82, 2.24) is 0 Å². The van der Waals surface area contributed by atoms with Crippen LogP contribution in [0.4, 0.5) is 0 Å². The highest BCUT2D eigenvalue weighted by Crippen LogP contribution is 2.18. The van der Waals surface area contributed by atoms with E-state index in [4.69, 9.17) is 16.3 Å². The summed E-state index contributed by atoms with van der Waals surface area (Å²) in [4.78, 5) is 0. The summed E-state index contributed by atoms with van der Waals surface area (Å²) in [6.07, 6.45) is 0. The standard InChI is InChI=1S/C13H18BrClO/c1-10(2)12(7-14)9-16-8-11-5-3-4-6-13(11)15/h3-6,10,12H,7-9H2,1-2H3. The van der Waals surface area contributed by atoms with E-state index in [1.165, 1.54) is 0 Å². The molecule has 1 unspecified atom stereocenters. The predicted octanol–water partition coefficient (Wildman–Crippen LogP) is 4.52. The molecule has 1 atom stereocenters. The molecule has 0 amide bonds. The summed E-state index contributed by atoms with van der Waals surface area (Å²) in [6.45, 7) is 5.79. The summed E-state index contributed by atoms with van der Waals surface area (Å²) >= 11 is 9.56. The van der Waals surface area contributed by atoms with E-state index in [-0.39, 0.29) is 0 Å². The number of ether oxygens (including phenoxy) is 1. The van der Waals surface area contributed by atoms with Crippen molar-refractivity contribution < 1.29 is 4.74 Å². The van der Waals surface area contributed by atoms with Gasteiger partial charge in [0.15, 0.2) is 0 Å². The minimum atomic E-state index is 0.558. The van der Waals surface area contributed by atoms with Crippen molar-refractivity contribution >= 4 is 27.5 Å². The van der Waals surface area contributed by atoms with Crippen LogP contribution in [0.2, 0.25) is 5.02 Å². The molecular weight excluding hydrogens is 287 g/mol. The van der Waals surface area contributed by atoms with Crippen LogP contribution in [0.1, 0.15) is 19.4 Å². The molecule has 1 rings (SSSR count). The molecule has 0 saturated carbocycles. The molecule has 0 aliphatic heterocycles. The molecule has 0 aromatic heterocycles. The molecule has 0 N–H and O–H groups in total. The minimum Gasteiger partial charge on any atom is -0.376 e. The zero-order valence-electron chi connectivity index (χ0n) is 9.75. The van der Waals surface area contributed by atoms with Crippen molar-refractivity contribution in [3.05, 3.63) is 34.9 Å². The molecule has 16 heavy (non-hydrogen) atoms. The fraction of sp³-hybridized carbons (Fsp3) is 0.538. The van der Waals surface area contributed by atoms with Crippen LogP contribution < -0.4 is 0 Å². The summed E-state index contributed by atoms with van der Waals surface area (Å²) < 4.78 is 5.70. The molecule has 0 saturated heterocycles. The third kappa shape index (κ3) is 4.44. The second-order valence-electron chi connectivity index (χ2n) is 4.26. The second kappa shape index (κ2) is 7.31. The van der Waals surface area contributed by atoms with Gasteiger partial charge in [0, 0.05) is 10.4 Å². The van der Waals surface area contributed by atoms with E-state index >= 15 is 0 Å². The van der Waals surface area contributed by atoms with Crippen LogP contribution >= 0.6 is 27.5 Å². The van der Waals surface area contributed by atoms with Gasteiger partial charge in [0.05, 0.1) is 13.2 Å². The Bertz CT molecular complexity index is 315. The van der Waals surface area contributed by atoms with Gasteiger partial charge in [0.2, 0.25) is 0 Å². The Balaban J connectivity index is 2.38. The van der Waals surface area contributed by atoms with Crippen molar-refractivity contribution in [2.75, 3.05) is 11.9 Å². The SMILES string of the molecule is CC(C)C(CBr)COCc1ccccc1Cl. The average Bonchev–Trinajstić information content (AvgIpc) is 2.26. The molecule has 90 valence electrons. The molecule has 0 spiro atoms. The van der Waals surface area contributed by atoms with Gasteiger partial charge in [-0.2, -0.15) is 0 Å². The second-order valence-corrected chi connectivity index (χ2v) is 5.32. The van der Waals surface area contributed by atoms with Crippen molar-refractivity contribution in [3.63, 3.8) is 0 Å². The number of alkyl halides is 1. The molecule has 1 aromatic carbocycles. The maximum atomic E-state index is 6.05. The number of halogens is 2. The minimum absolute atomic E-state index is 0.558. The van der Waals surface area contributed by atoms with Crippen LogP contribution in [0.5, 0.6) is 0 Å². The van der Waals surface area contributed by atoms with Gasteiger partial charge in [-0.25, -0.2) is 0 Å². The number of hydrogen-bond acceptors (Lipinski definition) is 1. The summed E-state index contributed by atoms with van der Waals surface area (Å²) in [7, 11) is 0. The highest BCUT2D eigenvalue weighted by Gasteiger charge is 2.12. The normalized spacial score (nSPS) is 13.1. The molecular formula is C13H18BrClO. The quantitative estimate of drug-likeness (QED) is 0.702. The lowest BCUT2D eigenvalue weighted by Crippen LogP contribution is -2.17. The van der Waals surface area contributed by atoms with E-state index in [9.17, 15) is 0 Å². The Kier molecular flexibility index (Phi) is 6.40. The van der Waals surface area contributed by atoms with Crippen LogP contribution in [-0.2, 0) is 11.3 Å². The van der Waals surface area contributed by atoms with Gasteiger partial charge in [0.25, 0.3) is 0 Å². The number of hydrogen-bond donors (Lipinski definition) is 0. The first kappa shape index (κ1) is 14.0. The van der Waals surface area contributed by atoms with Crippen LogP contribution in [0.25, 0.3) is 0 Å². The van der Waals surface area contributed by atoms with Gasteiger partial charge in [-0.3, -0.25) is 0 Å². The molecule has 0 fully saturated rings. The summed E-state index contributed by atoms with van der Waals surface area (Å²) in [5.74, 6) is 1.19. The molecule has 1 nitrogen and oxygen atoms in total. The van der Waals surface area contributed by atoms with Crippen LogP contribution in [0.15, 0.2) is 24.3 Å². The third-order valence-electron chi connectivity index (χ3n) is 2.69. The number of rotatable bonds is 6. The topological polar surface area (TPSA) is 9.23 Å². The largest absolute Gasteiger partial charge is 0.376 e. The first-order chi connectivity index (χ1) is 7.65. The van der Waals surface area contributed by atoms with Gasteiger partial charge < -0.3 is 4.74 Å². The summed E-state index contributed by atoms with van der Waals surface area (Å²) in [5, 5.41) is 1.76. The zero-order valence-corrected chi connectivity index (χ0v) is 12.1. The first-order valence-corrected chi connectivity index (χ1v) is 7.02. The lowest BCUT2D eigenvalue weighted by Gasteiger charge is -2.18. The molecule has 0 heterocycles. The third-order valence-corrected chi connectivity index (χ3v) is 3.89. The lowest BCUT2D eigenvalue weighted by atomic mass is 9.99. The predicted molar refractivity (Wildman–Crippen MR) is 73.2 cm³/mol. The van der Waals surface area contributed by atoms with Crippen LogP contribution in [0, 0.1) is 11.8 Å². The Hall–Kier alpha value is -0.0500. The molecule has 1 aromatic rings. The molecule has 0 bridgehead atoms. The maximum absolute atomic E-state index is 6.05. The highest BCUT2D eigenvalue weighted by molar-refractivity contribution is 9.09. The fourth-order valence-electron chi connectivity index (χ4n) is 1.35. The van der Waals surface area contributed by atoms with Gasteiger partial charge in [-0.1, -0.05) is 59.6 Å². The summed E-state index contributed by atoms with van der Waals surface area (Å²) in [5.41, 5.74) is 1.06. The van der Waals surface area contributed by atoms with E-state index in [0.29, 0.717) is 18.4 Å². The molecule has 0 aliphatic rings. The zero-order chi connectivity index (χ0) is 12.0. The van der Waals surface area contributed by atoms with E-state index in [0.717, 1.165) is 22.5 Å². The monoisotopic (exact) mass is 304 g/mol. The molecule has 0 radical (unpaired) electrons. The Morgan fingerprint density at radius 1 is 1.31 bits per heavy atom. The Labute approximate surface area is 111 Å². The van der Waals surface area contributed by atoms with Gasteiger partial charge in [-0.05, 0) is 23.5 Å². The van der Waals surface area contributed by atoms with Crippen molar-refractivity contribution in [1.29, 1.82) is 0 Å². The molecule has 3 heteroatoms. The van der Waals surface area contributed by atoms with Gasteiger partial charge >= 0.3 is 0 Å². The maximum Gasteiger partial charge on any atom is 0.0731 e. The smallest absolute Gasteiger partial charge is 0.0731 e. The van der Waals surface area contributed by atoms with Gasteiger partial charge in [-0.15, -0.1) is 0 Å². The van der Waals surface area contributed by atoms with Crippen molar-refractivity contribution in [2.45, 2.75) is 20.5 Å². The van der Waals surface area contributed by atoms with Gasteiger partial charge in [0.1, 0.15) is 0 Å². The summed E-state index contributed by atoms with van der Waals surface area (Å²) in [6, 6.07) is 7.81.